The largest absolute Gasteiger partial charge is 0.362 e. The highest BCUT2D eigenvalue weighted by Crippen LogP contribution is 2.34. The fourth-order valence-electron chi connectivity index (χ4n) is 4.76. The summed E-state index contributed by atoms with van der Waals surface area (Å²) in [6.07, 6.45) is 8.56. The lowest BCUT2D eigenvalue weighted by atomic mass is 9.86. The van der Waals surface area contributed by atoms with Gasteiger partial charge in [0.1, 0.15) is 5.82 Å². The van der Waals surface area contributed by atoms with Crippen LogP contribution >= 0.6 is 34.8 Å². The normalized spacial score (nSPS) is 19.8. The lowest BCUT2D eigenvalue weighted by molar-refractivity contribution is 0.246. The van der Waals surface area contributed by atoms with Gasteiger partial charge < -0.3 is 20.9 Å². The average molecular weight is 526 g/mol. The van der Waals surface area contributed by atoms with Crippen LogP contribution in [-0.4, -0.2) is 42.7 Å². The number of anilines is 3. The van der Waals surface area contributed by atoms with Gasteiger partial charge in [0.25, 0.3) is 0 Å². The Labute approximate surface area is 216 Å². The molecular formula is C24H31Cl3N6O. The first kappa shape index (κ1) is 25.1. The van der Waals surface area contributed by atoms with Crippen molar-refractivity contribution in [1.29, 1.82) is 0 Å². The number of fused-ring (bicyclic) bond motifs is 1. The van der Waals surface area contributed by atoms with Crippen molar-refractivity contribution in [2.75, 3.05) is 36.2 Å². The molecule has 3 N–H and O–H groups in total. The number of urea groups is 1. The molecule has 0 aliphatic heterocycles. The smallest absolute Gasteiger partial charge is 0.319 e. The van der Waals surface area contributed by atoms with Gasteiger partial charge in [-0.2, -0.15) is 4.98 Å². The molecule has 184 valence electrons. The van der Waals surface area contributed by atoms with E-state index in [0.29, 0.717) is 39.3 Å². The SMILES string of the molecule is CN(C)c1nc(N[C@H]2CC[C@@H](CNC(=O)Nc3c(Cl)cc(Cl)cc3Cl)CC2)nc2c1CCCC2. The minimum atomic E-state index is -0.329. The van der Waals surface area contributed by atoms with Crippen LogP contribution < -0.4 is 20.9 Å². The molecule has 2 aliphatic carbocycles. The second kappa shape index (κ2) is 11.2. The summed E-state index contributed by atoms with van der Waals surface area (Å²) < 4.78 is 0. The summed E-state index contributed by atoms with van der Waals surface area (Å²) in [5.74, 6) is 2.20. The molecule has 2 aromatic rings. The van der Waals surface area contributed by atoms with Crippen molar-refractivity contribution in [3.63, 3.8) is 0 Å². The molecule has 0 unspecified atom stereocenters. The third-order valence-electron chi connectivity index (χ3n) is 6.56. The molecule has 0 atom stereocenters. The summed E-state index contributed by atoms with van der Waals surface area (Å²) in [4.78, 5) is 24.1. The van der Waals surface area contributed by atoms with Crippen molar-refractivity contribution in [2.24, 2.45) is 5.92 Å². The molecule has 1 aromatic heterocycles. The van der Waals surface area contributed by atoms with Crippen molar-refractivity contribution >= 4 is 58.3 Å². The molecule has 0 radical (unpaired) electrons. The number of aryl methyl sites for hydroxylation is 1. The van der Waals surface area contributed by atoms with Crippen molar-refractivity contribution in [3.05, 3.63) is 38.5 Å². The molecule has 1 heterocycles. The van der Waals surface area contributed by atoms with E-state index < -0.39 is 0 Å². The number of amides is 2. The molecule has 0 bridgehead atoms. The maximum absolute atomic E-state index is 12.3. The third-order valence-corrected chi connectivity index (χ3v) is 7.38. The molecule has 7 nitrogen and oxygen atoms in total. The molecule has 1 saturated carbocycles. The van der Waals surface area contributed by atoms with Crippen LogP contribution in [0.5, 0.6) is 0 Å². The minimum Gasteiger partial charge on any atom is -0.362 e. The fourth-order valence-corrected chi connectivity index (χ4v) is 5.67. The molecule has 1 fully saturated rings. The van der Waals surface area contributed by atoms with Crippen LogP contribution in [0.2, 0.25) is 15.1 Å². The quantitative estimate of drug-likeness (QED) is 0.420. The predicted octanol–water partition coefficient (Wildman–Crippen LogP) is 6.17. The minimum absolute atomic E-state index is 0.307. The topological polar surface area (TPSA) is 82.2 Å². The van der Waals surface area contributed by atoms with Crippen LogP contribution in [0.3, 0.4) is 0 Å². The van der Waals surface area contributed by atoms with E-state index in [2.05, 4.69) is 20.9 Å². The first-order valence-electron chi connectivity index (χ1n) is 11.8. The maximum atomic E-state index is 12.3. The van der Waals surface area contributed by atoms with Crippen LogP contribution in [0.4, 0.5) is 22.2 Å². The summed E-state index contributed by atoms with van der Waals surface area (Å²) in [6.45, 7) is 0.599. The number of carbonyl (C=O) groups is 1. The van der Waals surface area contributed by atoms with Gasteiger partial charge in [0, 0.05) is 37.3 Å². The van der Waals surface area contributed by atoms with Gasteiger partial charge in [0.15, 0.2) is 0 Å². The van der Waals surface area contributed by atoms with Crippen LogP contribution in [0, 0.1) is 5.92 Å². The van der Waals surface area contributed by atoms with Crippen molar-refractivity contribution < 1.29 is 4.79 Å². The number of aromatic nitrogens is 2. The van der Waals surface area contributed by atoms with Crippen LogP contribution in [0.15, 0.2) is 12.1 Å². The molecule has 2 aliphatic rings. The molecular weight excluding hydrogens is 495 g/mol. The number of benzene rings is 1. The lowest BCUT2D eigenvalue weighted by Crippen LogP contribution is -2.36. The zero-order valence-electron chi connectivity index (χ0n) is 19.6. The van der Waals surface area contributed by atoms with E-state index in [0.717, 1.165) is 50.3 Å². The van der Waals surface area contributed by atoms with E-state index in [4.69, 9.17) is 44.8 Å². The molecule has 0 saturated heterocycles. The Morgan fingerprint density at radius 1 is 1.03 bits per heavy atom. The van der Waals surface area contributed by atoms with Crippen molar-refractivity contribution in [2.45, 2.75) is 57.4 Å². The molecule has 2 amide bonds. The Kier molecular flexibility index (Phi) is 8.27. The second-order valence-corrected chi connectivity index (χ2v) is 10.6. The van der Waals surface area contributed by atoms with E-state index in [1.165, 1.54) is 24.1 Å². The van der Waals surface area contributed by atoms with Gasteiger partial charge in [0.2, 0.25) is 5.95 Å². The Morgan fingerprint density at radius 2 is 1.71 bits per heavy atom. The van der Waals surface area contributed by atoms with E-state index in [-0.39, 0.29) is 6.03 Å². The Balaban J connectivity index is 1.26. The highest BCUT2D eigenvalue weighted by molar-refractivity contribution is 6.42. The van der Waals surface area contributed by atoms with Gasteiger partial charge in [0.05, 0.1) is 21.4 Å². The monoisotopic (exact) mass is 524 g/mol. The Morgan fingerprint density at radius 3 is 2.38 bits per heavy atom. The van der Waals surface area contributed by atoms with Crippen molar-refractivity contribution in [1.82, 2.24) is 15.3 Å². The third kappa shape index (κ3) is 6.18. The standard InChI is InChI=1S/C24H31Cl3N6O/c1-33(2)22-17-5-3-4-6-20(17)30-23(32-22)29-16-9-7-14(8-10-16)13-28-24(34)31-21-18(26)11-15(25)12-19(21)27/h11-12,14,16H,3-10,13H2,1-2H3,(H2,28,31,34)(H,29,30,32)/t14-,16+. The number of nitrogens with one attached hydrogen (secondary N) is 3. The number of carbonyl (C=O) groups excluding carboxylic acids is 1. The summed E-state index contributed by atoms with van der Waals surface area (Å²) >= 11 is 18.2. The van der Waals surface area contributed by atoms with Gasteiger partial charge in [-0.05, 0) is 69.4 Å². The van der Waals surface area contributed by atoms with E-state index in [1.54, 1.807) is 12.1 Å². The maximum Gasteiger partial charge on any atom is 0.319 e. The molecule has 34 heavy (non-hydrogen) atoms. The van der Waals surface area contributed by atoms with Gasteiger partial charge >= 0.3 is 6.03 Å². The highest BCUT2D eigenvalue weighted by Gasteiger charge is 2.24. The number of halogens is 3. The summed E-state index contributed by atoms with van der Waals surface area (Å²) in [5, 5.41) is 10.3. The first-order chi connectivity index (χ1) is 16.3. The van der Waals surface area contributed by atoms with Gasteiger partial charge in [-0.25, -0.2) is 9.78 Å². The zero-order valence-corrected chi connectivity index (χ0v) is 21.8. The van der Waals surface area contributed by atoms with Gasteiger partial charge in [-0.1, -0.05) is 34.8 Å². The molecule has 10 heteroatoms. The van der Waals surface area contributed by atoms with E-state index in [1.807, 2.05) is 14.1 Å². The molecule has 1 aromatic carbocycles. The molecule has 0 spiro atoms. The number of nitrogens with zero attached hydrogens (tertiary/aromatic N) is 3. The van der Waals surface area contributed by atoms with Gasteiger partial charge in [-0.15, -0.1) is 0 Å². The first-order valence-corrected chi connectivity index (χ1v) is 13.0. The summed E-state index contributed by atoms with van der Waals surface area (Å²) in [5.41, 5.74) is 2.86. The fraction of sp³-hybridized carbons (Fsp3) is 0.542. The van der Waals surface area contributed by atoms with Crippen molar-refractivity contribution in [3.8, 4) is 0 Å². The Bertz CT molecular complexity index is 1020. The van der Waals surface area contributed by atoms with Crippen LogP contribution in [0.25, 0.3) is 0 Å². The second-order valence-electron chi connectivity index (χ2n) is 9.34. The summed E-state index contributed by atoms with van der Waals surface area (Å²) in [6, 6.07) is 3.11. The average Bonchev–Trinajstić information content (AvgIpc) is 2.80. The highest BCUT2D eigenvalue weighted by atomic mass is 35.5. The Hall–Kier alpha value is -1.96. The van der Waals surface area contributed by atoms with E-state index in [9.17, 15) is 4.79 Å². The van der Waals surface area contributed by atoms with E-state index >= 15 is 0 Å². The van der Waals surface area contributed by atoms with Crippen LogP contribution in [0.1, 0.15) is 49.8 Å². The van der Waals surface area contributed by atoms with Crippen LogP contribution in [-0.2, 0) is 12.8 Å². The lowest BCUT2D eigenvalue weighted by Gasteiger charge is -2.30. The number of rotatable bonds is 6. The zero-order chi connectivity index (χ0) is 24.2. The number of hydrogen-bond donors (Lipinski definition) is 3. The molecule has 4 rings (SSSR count). The van der Waals surface area contributed by atoms with Gasteiger partial charge in [-0.3, -0.25) is 0 Å². The number of hydrogen-bond acceptors (Lipinski definition) is 5. The summed E-state index contributed by atoms with van der Waals surface area (Å²) in [7, 11) is 4.09. The predicted molar refractivity (Wildman–Crippen MR) is 141 cm³/mol.